The van der Waals surface area contributed by atoms with Crippen molar-refractivity contribution in [2.75, 3.05) is 13.2 Å². The van der Waals surface area contributed by atoms with Crippen molar-refractivity contribution >= 4 is 11.9 Å². The number of rotatable bonds is 8. The Balaban J connectivity index is 1.42. The highest BCUT2D eigenvalue weighted by Gasteiger charge is 2.39. The number of amides is 1. The maximum absolute atomic E-state index is 15.2. The van der Waals surface area contributed by atoms with E-state index in [1.807, 2.05) is 0 Å². The summed E-state index contributed by atoms with van der Waals surface area (Å²) in [7, 11) is 0. The van der Waals surface area contributed by atoms with E-state index in [-0.39, 0.29) is 5.56 Å². The summed E-state index contributed by atoms with van der Waals surface area (Å²) in [6, 6.07) is 2.38. The summed E-state index contributed by atoms with van der Waals surface area (Å²) >= 11 is 0. The number of allylic oxidation sites excluding steroid dienone is 1. The van der Waals surface area contributed by atoms with Gasteiger partial charge in [0.25, 0.3) is 5.91 Å². The lowest BCUT2D eigenvalue weighted by atomic mass is 9.78. The van der Waals surface area contributed by atoms with Gasteiger partial charge in [0.15, 0.2) is 0 Å². The number of halogens is 1. The molecule has 0 radical (unpaired) electrons. The number of ether oxygens (including phenoxy) is 2. The molecule has 3 atom stereocenters. The minimum atomic E-state index is -0.671. The number of nitrogens with zero attached hydrogens (tertiary/aromatic N) is 1. The molecular formula is C30H42FNO4. The van der Waals surface area contributed by atoms with Crippen LogP contribution >= 0.6 is 0 Å². The molecule has 3 fully saturated rings. The van der Waals surface area contributed by atoms with Gasteiger partial charge in [-0.05, 0) is 108 Å². The first kappa shape index (κ1) is 26.7. The monoisotopic (exact) mass is 499 g/mol. The van der Waals surface area contributed by atoms with Crippen molar-refractivity contribution in [1.82, 2.24) is 4.90 Å². The SMILES string of the molecule is C=C1CC(C)CC(CCCOc2cc(F)c(C(=O)N3CCC[C@H]3C(=O)OC(C)(C)C)cc2C2CC2)C1. The van der Waals surface area contributed by atoms with E-state index in [0.717, 1.165) is 44.1 Å². The molecule has 1 saturated heterocycles. The second kappa shape index (κ2) is 10.9. The Kier molecular flexibility index (Phi) is 8.11. The lowest BCUT2D eigenvalue weighted by molar-refractivity contribution is -0.159. The molecule has 3 aliphatic rings. The smallest absolute Gasteiger partial charge is 0.329 e. The van der Waals surface area contributed by atoms with Gasteiger partial charge in [0.1, 0.15) is 23.2 Å². The third-order valence-corrected chi connectivity index (χ3v) is 7.50. The molecule has 1 heterocycles. The third kappa shape index (κ3) is 6.68. The summed E-state index contributed by atoms with van der Waals surface area (Å²) in [5.41, 5.74) is 1.65. The maximum atomic E-state index is 15.2. The van der Waals surface area contributed by atoms with Crippen LogP contribution in [-0.2, 0) is 9.53 Å². The minimum Gasteiger partial charge on any atom is -0.493 e. The van der Waals surface area contributed by atoms with Gasteiger partial charge in [-0.15, -0.1) is 0 Å². The predicted molar refractivity (Wildman–Crippen MR) is 139 cm³/mol. The summed E-state index contributed by atoms with van der Waals surface area (Å²) in [5, 5.41) is 0. The highest BCUT2D eigenvalue weighted by Crippen LogP contribution is 2.45. The van der Waals surface area contributed by atoms with Gasteiger partial charge >= 0.3 is 5.97 Å². The lowest BCUT2D eigenvalue weighted by Crippen LogP contribution is -2.43. The van der Waals surface area contributed by atoms with Crippen molar-refractivity contribution in [1.29, 1.82) is 0 Å². The number of likely N-dealkylation sites (tertiary alicyclic amines) is 1. The van der Waals surface area contributed by atoms with Crippen LogP contribution in [0.5, 0.6) is 5.75 Å². The zero-order valence-corrected chi connectivity index (χ0v) is 22.4. The molecule has 2 saturated carbocycles. The fraction of sp³-hybridized carbons (Fsp3) is 0.667. The fourth-order valence-electron chi connectivity index (χ4n) is 5.85. The highest BCUT2D eigenvalue weighted by atomic mass is 19.1. The van der Waals surface area contributed by atoms with Crippen LogP contribution in [0.3, 0.4) is 0 Å². The Morgan fingerprint density at radius 2 is 1.92 bits per heavy atom. The standard InChI is InChI=1S/C30H42FNO4/c1-19-14-20(2)16-21(15-19)8-7-13-35-27-18-25(31)24(17-23(27)22-10-11-22)28(33)32-12-6-9-26(32)29(34)36-30(3,4)5/h17-18,20-22,26H,1,6-16H2,2-5H3/t20?,21?,26-/m0/s1. The Morgan fingerprint density at radius 1 is 1.17 bits per heavy atom. The van der Waals surface area contributed by atoms with Gasteiger partial charge in [-0.1, -0.05) is 19.1 Å². The zero-order chi connectivity index (χ0) is 26.0. The van der Waals surface area contributed by atoms with E-state index in [4.69, 9.17) is 9.47 Å². The topological polar surface area (TPSA) is 55.8 Å². The van der Waals surface area contributed by atoms with E-state index in [2.05, 4.69) is 13.5 Å². The molecule has 2 unspecified atom stereocenters. The number of benzene rings is 1. The second-order valence-corrected chi connectivity index (χ2v) is 12.2. The molecule has 6 heteroatoms. The maximum Gasteiger partial charge on any atom is 0.329 e. The molecule has 2 aliphatic carbocycles. The van der Waals surface area contributed by atoms with Crippen molar-refractivity contribution in [3.05, 3.63) is 41.2 Å². The molecule has 4 rings (SSSR count). The van der Waals surface area contributed by atoms with Gasteiger partial charge in [0.05, 0.1) is 12.2 Å². The first-order chi connectivity index (χ1) is 17.0. The van der Waals surface area contributed by atoms with Gasteiger partial charge < -0.3 is 14.4 Å². The predicted octanol–water partition coefficient (Wildman–Crippen LogP) is 6.80. The van der Waals surface area contributed by atoms with E-state index in [9.17, 15) is 9.59 Å². The largest absolute Gasteiger partial charge is 0.493 e. The normalized spacial score (nSPS) is 24.6. The number of hydrogen-bond acceptors (Lipinski definition) is 4. The lowest BCUT2D eigenvalue weighted by Gasteiger charge is -2.28. The molecular weight excluding hydrogens is 457 g/mol. The van der Waals surface area contributed by atoms with Crippen molar-refractivity contribution < 1.29 is 23.5 Å². The van der Waals surface area contributed by atoms with Gasteiger partial charge in [-0.3, -0.25) is 4.79 Å². The Labute approximate surface area is 215 Å². The fourth-order valence-corrected chi connectivity index (χ4v) is 5.85. The molecule has 5 nitrogen and oxygen atoms in total. The summed E-state index contributed by atoms with van der Waals surface area (Å²) < 4.78 is 26.8. The van der Waals surface area contributed by atoms with Crippen LogP contribution in [0.15, 0.2) is 24.3 Å². The molecule has 1 aliphatic heterocycles. The first-order valence-corrected chi connectivity index (χ1v) is 13.7. The third-order valence-electron chi connectivity index (χ3n) is 7.50. The van der Waals surface area contributed by atoms with E-state index in [1.54, 1.807) is 26.8 Å². The zero-order valence-electron chi connectivity index (χ0n) is 22.4. The highest BCUT2D eigenvalue weighted by molar-refractivity contribution is 5.98. The van der Waals surface area contributed by atoms with Crippen molar-refractivity contribution in [3.63, 3.8) is 0 Å². The second-order valence-electron chi connectivity index (χ2n) is 12.2. The van der Waals surface area contributed by atoms with Crippen molar-refractivity contribution in [2.24, 2.45) is 11.8 Å². The molecule has 0 bridgehead atoms. The van der Waals surface area contributed by atoms with E-state index >= 15 is 4.39 Å². The summed E-state index contributed by atoms with van der Waals surface area (Å²) in [5.74, 6) is 0.749. The van der Waals surface area contributed by atoms with E-state index < -0.39 is 29.3 Å². The van der Waals surface area contributed by atoms with Gasteiger partial charge in [0, 0.05) is 12.6 Å². The molecule has 0 N–H and O–H groups in total. The molecule has 0 spiro atoms. The Bertz CT molecular complexity index is 993. The van der Waals surface area contributed by atoms with Crippen molar-refractivity contribution in [2.45, 2.75) is 103 Å². The molecule has 1 aromatic rings. The van der Waals surface area contributed by atoms with Crippen LogP contribution in [0.25, 0.3) is 0 Å². The molecule has 1 amide bonds. The van der Waals surface area contributed by atoms with Crippen molar-refractivity contribution in [3.8, 4) is 5.75 Å². The molecule has 1 aromatic carbocycles. The molecule has 198 valence electrons. The number of hydrogen-bond donors (Lipinski definition) is 0. The van der Waals surface area contributed by atoms with Crippen LogP contribution in [0.1, 0.15) is 107 Å². The molecule has 36 heavy (non-hydrogen) atoms. The van der Waals surface area contributed by atoms with Crippen LogP contribution in [0, 0.1) is 17.7 Å². The Morgan fingerprint density at radius 3 is 2.58 bits per heavy atom. The van der Waals surface area contributed by atoms with Gasteiger partial charge in [-0.25, -0.2) is 9.18 Å². The summed E-state index contributed by atoms with van der Waals surface area (Å²) in [6.45, 7) is 12.9. The van der Waals surface area contributed by atoms with Crippen LogP contribution in [-0.4, -0.2) is 41.6 Å². The quantitative estimate of drug-likeness (QED) is 0.224. The summed E-state index contributed by atoms with van der Waals surface area (Å²) in [6.07, 6.45) is 8.74. The molecule has 0 aromatic heterocycles. The number of carbonyl (C=O) groups excluding carboxylic acids is 2. The minimum absolute atomic E-state index is 0.0226. The number of esters is 1. The summed E-state index contributed by atoms with van der Waals surface area (Å²) in [4.78, 5) is 27.5. The van der Waals surface area contributed by atoms with Crippen LogP contribution in [0.4, 0.5) is 4.39 Å². The number of carbonyl (C=O) groups is 2. The van der Waals surface area contributed by atoms with Gasteiger partial charge in [0.2, 0.25) is 0 Å². The average molecular weight is 500 g/mol. The Hall–Kier alpha value is -2.37. The van der Waals surface area contributed by atoms with E-state index in [1.165, 1.54) is 23.0 Å². The average Bonchev–Trinajstić information content (AvgIpc) is 3.49. The first-order valence-electron chi connectivity index (χ1n) is 13.7. The van der Waals surface area contributed by atoms with E-state index in [0.29, 0.717) is 49.5 Å². The van der Waals surface area contributed by atoms with Crippen LogP contribution in [0.2, 0.25) is 0 Å². The van der Waals surface area contributed by atoms with Gasteiger partial charge in [-0.2, -0.15) is 0 Å². The van der Waals surface area contributed by atoms with Crippen LogP contribution < -0.4 is 4.74 Å².